The number of carbonyl (C=O) groups excluding carboxylic acids is 2. The highest BCUT2D eigenvalue weighted by atomic mass is 32.1. The fourth-order valence-corrected chi connectivity index (χ4v) is 4.16. The minimum Gasteiger partial charge on any atom is -0.392 e. The molecular weight excluding hydrogens is 300 g/mol. The summed E-state index contributed by atoms with van der Waals surface area (Å²) in [5, 5.41) is 13.8. The van der Waals surface area contributed by atoms with Crippen LogP contribution in [0.1, 0.15) is 36.1 Å². The van der Waals surface area contributed by atoms with Gasteiger partial charge >= 0.3 is 0 Å². The third-order valence-corrected chi connectivity index (χ3v) is 5.45. The van der Waals surface area contributed by atoms with Gasteiger partial charge in [-0.1, -0.05) is 12.8 Å². The van der Waals surface area contributed by atoms with Crippen molar-refractivity contribution >= 4 is 29.2 Å². The molecule has 0 bridgehead atoms. The Labute approximate surface area is 133 Å². The third-order valence-electron chi connectivity index (χ3n) is 4.50. The lowest BCUT2D eigenvalue weighted by Crippen LogP contribution is -2.64. The molecule has 0 unspecified atom stereocenters. The minimum absolute atomic E-state index is 0.00306. The first-order chi connectivity index (χ1) is 10.7. The number of hydrogen-bond acceptors (Lipinski definition) is 4. The van der Waals surface area contributed by atoms with Crippen molar-refractivity contribution in [2.75, 3.05) is 13.1 Å². The van der Waals surface area contributed by atoms with Gasteiger partial charge in [0, 0.05) is 24.0 Å². The first kappa shape index (κ1) is 15.2. The first-order valence-electron chi connectivity index (χ1n) is 7.62. The highest BCUT2D eigenvalue weighted by molar-refractivity contribution is 7.11. The zero-order valence-corrected chi connectivity index (χ0v) is 13.2. The molecular formula is C16H20N2O3S. The molecule has 3 rings (SSSR count). The monoisotopic (exact) mass is 320 g/mol. The van der Waals surface area contributed by atoms with Crippen molar-refractivity contribution < 1.29 is 14.7 Å². The zero-order chi connectivity index (χ0) is 15.6. The molecule has 1 aliphatic carbocycles. The van der Waals surface area contributed by atoms with Gasteiger partial charge in [0.15, 0.2) is 0 Å². The van der Waals surface area contributed by atoms with Gasteiger partial charge < -0.3 is 15.3 Å². The van der Waals surface area contributed by atoms with Crippen LogP contribution in [0.2, 0.25) is 0 Å². The van der Waals surface area contributed by atoms with Crippen molar-refractivity contribution in [2.24, 2.45) is 0 Å². The van der Waals surface area contributed by atoms with E-state index in [1.54, 1.807) is 17.1 Å². The molecule has 0 atom stereocenters. The molecule has 2 fully saturated rings. The summed E-state index contributed by atoms with van der Waals surface area (Å²) in [5.74, 6) is -0.104. The first-order valence-corrected chi connectivity index (χ1v) is 8.50. The van der Waals surface area contributed by atoms with Gasteiger partial charge in [0.25, 0.3) is 0 Å². The van der Waals surface area contributed by atoms with Crippen molar-refractivity contribution in [3.63, 3.8) is 0 Å². The van der Waals surface area contributed by atoms with Crippen LogP contribution < -0.4 is 5.32 Å². The predicted octanol–water partition coefficient (Wildman–Crippen LogP) is 1.52. The third kappa shape index (κ3) is 2.68. The Bertz CT molecular complexity index is 602. The Morgan fingerprint density at radius 2 is 2.23 bits per heavy atom. The van der Waals surface area contributed by atoms with E-state index in [1.165, 1.54) is 11.3 Å². The topological polar surface area (TPSA) is 69.6 Å². The van der Waals surface area contributed by atoms with Crippen molar-refractivity contribution in [1.29, 1.82) is 0 Å². The minimum atomic E-state index is -0.634. The zero-order valence-electron chi connectivity index (χ0n) is 12.4. The van der Waals surface area contributed by atoms with Crippen molar-refractivity contribution in [3.05, 3.63) is 28.0 Å². The van der Waals surface area contributed by atoms with Gasteiger partial charge in [-0.05, 0) is 35.9 Å². The summed E-state index contributed by atoms with van der Waals surface area (Å²) >= 11 is 1.49. The van der Waals surface area contributed by atoms with Crippen molar-refractivity contribution in [1.82, 2.24) is 10.2 Å². The van der Waals surface area contributed by atoms with Gasteiger partial charge in [-0.25, -0.2) is 0 Å². The number of aliphatic hydroxyl groups is 1. The lowest BCUT2D eigenvalue weighted by Gasteiger charge is -2.43. The van der Waals surface area contributed by atoms with Crippen molar-refractivity contribution in [3.8, 4) is 0 Å². The molecule has 6 heteroatoms. The van der Waals surface area contributed by atoms with Crippen LogP contribution in [0, 0.1) is 0 Å². The van der Waals surface area contributed by atoms with Gasteiger partial charge in [0.05, 0.1) is 6.61 Å². The van der Waals surface area contributed by atoms with Crippen molar-refractivity contribution in [2.45, 2.75) is 37.8 Å². The van der Waals surface area contributed by atoms with Gasteiger partial charge in [-0.15, -0.1) is 11.3 Å². The molecule has 1 aromatic rings. The quantitative estimate of drug-likeness (QED) is 0.830. The van der Waals surface area contributed by atoms with E-state index in [4.69, 9.17) is 5.11 Å². The smallest absolute Gasteiger partial charge is 0.247 e. The van der Waals surface area contributed by atoms with Gasteiger partial charge in [0.1, 0.15) is 5.54 Å². The molecule has 1 spiro atoms. The van der Waals surface area contributed by atoms with E-state index in [2.05, 4.69) is 5.32 Å². The standard InChI is InChI=1S/C16H20N2O3S/c19-10-12-9-13(22-11-12)3-4-14(20)18-8-7-17-15(21)16(18)5-1-2-6-16/h3-4,9,11,19H,1-2,5-8,10H2,(H,17,21). The van der Waals surface area contributed by atoms with Crippen LogP contribution in [-0.2, 0) is 16.2 Å². The van der Waals surface area contributed by atoms with E-state index in [-0.39, 0.29) is 18.4 Å². The Hall–Kier alpha value is -1.66. The van der Waals surface area contributed by atoms with Crippen LogP contribution in [-0.4, -0.2) is 40.4 Å². The number of nitrogens with zero attached hydrogens (tertiary/aromatic N) is 1. The number of hydrogen-bond donors (Lipinski definition) is 2. The molecule has 1 aliphatic heterocycles. The van der Waals surface area contributed by atoms with Crippen LogP contribution in [0.5, 0.6) is 0 Å². The molecule has 1 saturated carbocycles. The number of carbonyl (C=O) groups is 2. The van der Waals surface area contributed by atoms with Crippen LogP contribution in [0.4, 0.5) is 0 Å². The SMILES string of the molecule is O=C(C=Cc1cc(CO)cs1)N1CCNC(=O)C12CCCC2. The largest absolute Gasteiger partial charge is 0.392 e. The Morgan fingerprint density at radius 3 is 2.91 bits per heavy atom. The Morgan fingerprint density at radius 1 is 1.45 bits per heavy atom. The van der Waals surface area contributed by atoms with Gasteiger partial charge in [0.2, 0.25) is 11.8 Å². The number of thiophene rings is 1. The fourth-order valence-electron chi connectivity index (χ4n) is 3.37. The average molecular weight is 320 g/mol. The van der Waals surface area contributed by atoms with Crippen LogP contribution in [0.15, 0.2) is 17.5 Å². The average Bonchev–Trinajstić information content (AvgIpc) is 3.18. The molecule has 2 amide bonds. The highest BCUT2D eigenvalue weighted by Gasteiger charge is 2.49. The summed E-state index contributed by atoms with van der Waals surface area (Å²) in [7, 11) is 0. The molecule has 2 aliphatic rings. The van der Waals surface area contributed by atoms with E-state index in [9.17, 15) is 9.59 Å². The summed E-state index contributed by atoms with van der Waals surface area (Å²) < 4.78 is 0. The maximum absolute atomic E-state index is 12.6. The van der Waals surface area contributed by atoms with E-state index >= 15 is 0 Å². The predicted molar refractivity (Wildman–Crippen MR) is 85.2 cm³/mol. The molecule has 0 aromatic carbocycles. The lowest BCUT2D eigenvalue weighted by atomic mass is 9.91. The van der Waals surface area contributed by atoms with E-state index in [0.717, 1.165) is 36.1 Å². The number of aliphatic hydroxyl groups excluding tert-OH is 1. The summed E-state index contributed by atoms with van der Waals surface area (Å²) in [6.07, 6.45) is 6.81. The fraction of sp³-hybridized carbons (Fsp3) is 0.500. The molecule has 5 nitrogen and oxygen atoms in total. The Balaban J connectivity index is 1.76. The molecule has 22 heavy (non-hydrogen) atoms. The number of amides is 2. The molecule has 0 radical (unpaired) electrons. The summed E-state index contributed by atoms with van der Waals surface area (Å²) in [6, 6.07) is 1.86. The number of nitrogens with one attached hydrogen (secondary N) is 1. The molecule has 1 saturated heterocycles. The molecule has 2 heterocycles. The summed E-state index contributed by atoms with van der Waals surface area (Å²) in [4.78, 5) is 27.5. The maximum atomic E-state index is 12.6. The van der Waals surface area contributed by atoms with Gasteiger partial charge in [-0.2, -0.15) is 0 Å². The number of piperazine rings is 1. The lowest BCUT2D eigenvalue weighted by molar-refractivity contribution is -0.148. The number of rotatable bonds is 3. The van der Waals surface area contributed by atoms with Crippen LogP contribution >= 0.6 is 11.3 Å². The highest BCUT2D eigenvalue weighted by Crippen LogP contribution is 2.37. The second kappa shape index (κ2) is 6.22. The van der Waals surface area contributed by atoms with E-state index < -0.39 is 5.54 Å². The van der Waals surface area contributed by atoms with E-state index in [0.29, 0.717) is 13.1 Å². The Kier molecular flexibility index (Phi) is 4.31. The summed E-state index contributed by atoms with van der Waals surface area (Å²) in [5.41, 5.74) is 0.215. The molecule has 2 N–H and O–H groups in total. The molecule has 118 valence electrons. The summed E-state index contributed by atoms with van der Waals surface area (Å²) in [6.45, 7) is 1.10. The normalized spacial score (nSPS) is 20.8. The molecule has 1 aromatic heterocycles. The van der Waals surface area contributed by atoms with Gasteiger partial charge in [-0.3, -0.25) is 9.59 Å². The maximum Gasteiger partial charge on any atom is 0.247 e. The second-order valence-corrected chi connectivity index (χ2v) is 6.78. The second-order valence-electron chi connectivity index (χ2n) is 5.83. The van der Waals surface area contributed by atoms with Crippen LogP contribution in [0.25, 0.3) is 6.08 Å². The van der Waals surface area contributed by atoms with E-state index in [1.807, 2.05) is 11.4 Å². The van der Waals surface area contributed by atoms with Crippen LogP contribution in [0.3, 0.4) is 0 Å².